The molecule has 1 unspecified atom stereocenters. The number of hydrogen-bond acceptors (Lipinski definition) is 4. The quantitative estimate of drug-likeness (QED) is 0.710. The van der Waals surface area contributed by atoms with Gasteiger partial charge in [0.2, 0.25) is 5.91 Å². The lowest BCUT2D eigenvalue weighted by atomic mass is 10.1. The van der Waals surface area contributed by atoms with Gasteiger partial charge in [-0.3, -0.25) is 14.4 Å². The molecule has 0 radical (unpaired) electrons. The van der Waals surface area contributed by atoms with E-state index in [9.17, 15) is 14.4 Å². The first kappa shape index (κ1) is 20.1. The molecule has 1 atom stereocenters. The Kier molecular flexibility index (Phi) is 5.57. The molecule has 3 amide bonds. The van der Waals surface area contributed by atoms with Gasteiger partial charge in [0.05, 0.1) is 19.2 Å². The zero-order chi connectivity index (χ0) is 21.3. The van der Waals surface area contributed by atoms with Crippen LogP contribution in [0.1, 0.15) is 48.0 Å². The minimum atomic E-state index is -0.767. The minimum absolute atomic E-state index is 0.0190. The average Bonchev–Trinajstić information content (AvgIpc) is 3.38. The average molecular weight is 406 g/mol. The van der Waals surface area contributed by atoms with Crippen LogP contribution < -0.4 is 9.64 Å². The number of amides is 3. The number of carbonyl (C=O) groups is 3. The topological polar surface area (TPSA) is 66.9 Å². The van der Waals surface area contributed by atoms with Gasteiger partial charge in [0.1, 0.15) is 11.8 Å². The second kappa shape index (κ2) is 8.30. The van der Waals surface area contributed by atoms with Crippen molar-refractivity contribution in [1.29, 1.82) is 0 Å². The van der Waals surface area contributed by atoms with Gasteiger partial charge in [-0.05, 0) is 56.2 Å². The van der Waals surface area contributed by atoms with Crippen LogP contribution in [0.3, 0.4) is 0 Å². The second-order valence-electron chi connectivity index (χ2n) is 8.00. The van der Waals surface area contributed by atoms with E-state index in [-0.39, 0.29) is 30.2 Å². The van der Waals surface area contributed by atoms with E-state index in [1.165, 1.54) is 4.90 Å². The second-order valence-corrected chi connectivity index (χ2v) is 8.00. The summed E-state index contributed by atoms with van der Waals surface area (Å²) in [6, 6.07) is 13.4. The summed E-state index contributed by atoms with van der Waals surface area (Å²) >= 11 is 0. The number of rotatable bonds is 5. The molecule has 2 fully saturated rings. The summed E-state index contributed by atoms with van der Waals surface area (Å²) in [4.78, 5) is 42.5. The van der Waals surface area contributed by atoms with Crippen molar-refractivity contribution in [3.05, 3.63) is 59.7 Å². The van der Waals surface area contributed by atoms with Gasteiger partial charge < -0.3 is 9.64 Å². The van der Waals surface area contributed by atoms with Gasteiger partial charge in [-0.25, -0.2) is 4.90 Å². The highest BCUT2D eigenvalue weighted by Crippen LogP contribution is 2.33. The number of anilines is 1. The molecule has 0 bridgehead atoms. The Bertz CT molecular complexity index is 946. The molecule has 0 aromatic heterocycles. The van der Waals surface area contributed by atoms with Gasteiger partial charge in [-0.1, -0.05) is 30.5 Å². The van der Waals surface area contributed by atoms with Gasteiger partial charge in [0.25, 0.3) is 11.8 Å². The molecule has 1 aliphatic heterocycles. The fraction of sp³-hybridized carbons (Fsp3) is 0.375. The van der Waals surface area contributed by atoms with Crippen molar-refractivity contribution in [2.75, 3.05) is 12.0 Å². The standard InChI is InChI=1S/C24H26N2O4/c1-16-7-11-19(12-8-16)26-22(27)15-21(24(26)29)25(18-5-3-4-6-18)23(28)17-9-13-20(30-2)14-10-17/h7-14,18,21H,3-6,15H2,1-2H3. The molecular formula is C24H26N2O4. The number of nitrogens with zero attached hydrogens (tertiary/aromatic N) is 2. The van der Waals surface area contributed by atoms with Crippen molar-refractivity contribution < 1.29 is 19.1 Å². The zero-order valence-corrected chi connectivity index (χ0v) is 17.3. The predicted octanol–water partition coefficient (Wildman–Crippen LogP) is 3.72. The van der Waals surface area contributed by atoms with Crippen molar-refractivity contribution >= 4 is 23.4 Å². The van der Waals surface area contributed by atoms with Crippen LogP contribution in [0.25, 0.3) is 0 Å². The predicted molar refractivity (Wildman–Crippen MR) is 113 cm³/mol. The van der Waals surface area contributed by atoms with E-state index >= 15 is 0 Å². The highest BCUT2D eigenvalue weighted by molar-refractivity contribution is 6.23. The molecule has 0 N–H and O–H groups in total. The van der Waals surface area contributed by atoms with Gasteiger partial charge in [-0.2, -0.15) is 0 Å². The molecule has 1 aliphatic carbocycles. The third kappa shape index (κ3) is 3.70. The van der Waals surface area contributed by atoms with Crippen LogP contribution in [0.5, 0.6) is 5.75 Å². The number of aryl methyl sites for hydroxylation is 1. The summed E-state index contributed by atoms with van der Waals surface area (Å²) < 4.78 is 5.18. The molecule has 1 saturated carbocycles. The summed E-state index contributed by atoms with van der Waals surface area (Å²) in [7, 11) is 1.57. The van der Waals surface area contributed by atoms with E-state index in [1.54, 1.807) is 48.4 Å². The van der Waals surface area contributed by atoms with Gasteiger partial charge in [0.15, 0.2) is 0 Å². The van der Waals surface area contributed by atoms with Gasteiger partial charge in [0, 0.05) is 11.6 Å². The van der Waals surface area contributed by atoms with Gasteiger partial charge in [-0.15, -0.1) is 0 Å². The summed E-state index contributed by atoms with van der Waals surface area (Å²) in [6.45, 7) is 1.95. The Hall–Kier alpha value is -3.15. The van der Waals surface area contributed by atoms with Crippen LogP contribution in [0, 0.1) is 6.92 Å². The monoisotopic (exact) mass is 406 g/mol. The molecule has 2 aromatic rings. The Labute approximate surface area is 176 Å². The van der Waals surface area contributed by atoms with Crippen molar-refractivity contribution in [3.8, 4) is 5.75 Å². The van der Waals surface area contributed by atoms with E-state index in [1.807, 2.05) is 19.1 Å². The first-order valence-corrected chi connectivity index (χ1v) is 10.4. The lowest BCUT2D eigenvalue weighted by Gasteiger charge is -2.33. The molecule has 1 heterocycles. The fourth-order valence-corrected chi connectivity index (χ4v) is 4.43. The van der Waals surface area contributed by atoms with Crippen LogP contribution in [-0.2, 0) is 9.59 Å². The molecule has 30 heavy (non-hydrogen) atoms. The minimum Gasteiger partial charge on any atom is -0.497 e. The van der Waals surface area contributed by atoms with E-state index < -0.39 is 6.04 Å². The molecule has 156 valence electrons. The van der Waals surface area contributed by atoms with Gasteiger partial charge >= 0.3 is 0 Å². The van der Waals surface area contributed by atoms with Crippen molar-refractivity contribution in [2.45, 2.75) is 51.1 Å². The highest BCUT2D eigenvalue weighted by atomic mass is 16.5. The third-order valence-electron chi connectivity index (χ3n) is 6.04. The summed E-state index contributed by atoms with van der Waals surface area (Å²) in [6.07, 6.45) is 3.76. The molecule has 6 heteroatoms. The summed E-state index contributed by atoms with van der Waals surface area (Å²) in [5, 5.41) is 0. The van der Waals surface area contributed by atoms with Crippen LogP contribution in [0.4, 0.5) is 5.69 Å². The summed E-state index contributed by atoms with van der Waals surface area (Å²) in [5.41, 5.74) is 2.11. The number of benzene rings is 2. The lowest BCUT2D eigenvalue weighted by Crippen LogP contribution is -2.50. The maximum absolute atomic E-state index is 13.5. The largest absolute Gasteiger partial charge is 0.497 e. The van der Waals surface area contributed by atoms with Crippen molar-refractivity contribution in [3.63, 3.8) is 0 Å². The van der Waals surface area contributed by atoms with Crippen LogP contribution in [0.2, 0.25) is 0 Å². The normalized spacial score (nSPS) is 19.4. The number of carbonyl (C=O) groups excluding carboxylic acids is 3. The Morgan fingerprint density at radius 2 is 1.63 bits per heavy atom. The SMILES string of the molecule is COc1ccc(C(=O)N(C2CCCC2)C2CC(=O)N(c3ccc(C)cc3)C2=O)cc1. The van der Waals surface area contributed by atoms with E-state index in [0.29, 0.717) is 17.0 Å². The molecule has 6 nitrogen and oxygen atoms in total. The first-order chi connectivity index (χ1) is 14.5. The van der Waals surface area contributed by atoms with E-state index in [2.05, 4.69) is 0 Å². The number of methoxy groups -OCH3 is 1. The first-order valence-electron chi connectivity index (χ1n) is 10.4. The smallest absolute Gasteiger partial charge is 0.257 e. The Morgan fingerprint density at radius 1 is 1.00 bits per heavy atom. The molecule has 2 aliphatic rings. The molecule has 1 saturated heterocycles. The Balaban J connectivity index is 1.65. The highest BCUT2D eigenvalue weighted by Gasteiger charge is 2.47. The number of hydrogen-bond donors (Lipinski definition) is 0. The van der Waals surface area contributed by atoms with Crippen LogP contribution >= 0.6 is 0 Å². The molecular weight excluding hydrogens is 380 g/mol. The molecule has 2 aromatic carbocycles. The molecule has 4 rings (SSSR count). The maximum Gasteiger partial charge on any atom is 0.257 e. The maximum atomic E-state index is 13.5. The van der Waals surface area contributed by atoms with Crippen LogP contribution in [0.15, 0.2) is 48.5 Å². The van der Waals surface area contributed by atoms with Crippen LogP contribution in [-0.4, -0.2) is 41.8 Å². The van der Waals surface area contributed by atoms with Crippen molar-refractivity contribution in [2.24, 2.45) is 0 Å². The third-order valence-corrected chi connectivity index (χ3v) is 6.04. The van der Waals surface area contributed by atoms with Crippen molar-refractivity contribution in [1.82, 2.24) is 4.90 Å². The lowest BCUT2D eigenvalue weighted by molar-refractivity contribution is -0.123. The van der Waals surface area contributed by atoms with E-state index in [0.717, 1.165) is 31.2 Å². The van der Waals surface area contributed by atoms with E-state index in [4.69, 9.17) is 4.74 Å². The fourth-order valence-electron chi connectivity index (χ4n) is 4.43. The molecule has 0 spiro atoms. The summed E-state index contributed by atoms with van der Waals surface area (Å²) in [5.74, 6) is -0.130. The zero-order valence-electron chi connectivity index (χ0n) is 17.3. The number of imide groups is 1. The Morgan fingerprint density at radius 3 is 2.23 bits per heavy atom. The number of ether oxygens (including phenoxy) is 1.